The number of aromatic nitrogens is 1. The summed E-state index contributed by atoms with van der Waals surface area (Å²) in [5, 5.41) is 4.33. The highest BCUT2D eigenvalue weighted by atomic mass is 35.5. The lowest BCUT2D eigenvalue weighted by Gasteiger charge is -2.07. The van der Waals surface area contributed by atoms with Crippen LogP contribution in [0, 0.1) is 0 Å². The maximum atomic E-state index is 5.93. The van der Waals surface area contributed by atoms with E-state index in [-0.39, 0.29) is 0 Å². The summed E-state index contributed by atoms with van der Waals surface area (Å²) in [6.45, 7) is 0.662. The summed E-state index contributed by atoms with van der Waals surface area (Å²) < 4.78 is 5.00. The van der Waals surface area contributed by atoms with Gasteiger partial charge in [-0.25, -0.2) is 4.98 Å². The highest BCUT2D eigenvalue weighted by Crippen LogP contribution is 2.25. The molecular weight excluding hydrogens is 271 g/mol. The van der Waals surface area contributed by atoms with Crippen molar-refractivity contribution in [1.29, 1.82) is 0 Å². The number of methoxy groups -OCH3 is 1. The van der Waals surface area contributed by atoms with Crippen molar-refractivity contribution >= 4 is 28.9 Å². The fourth-order valence-corrected chi connectivity index (χ4v) is 1.74. The Morgan fingerprint density at radius 2 is 2.00 bits per heavy atom. The summed E-state index contributed by atoms with van der Waals surface area (Å²) >= 11 is 11.8. The molecule has 0 atom stereocenters. The number of hydrogen-bond acceptors (Lipinski definition) is 3. The molecule has 0 saturated heterocycles. The molecule has 94 valence electrons. The zero-order valence-electron chi connectivity index (χ0n) is 9.78. The zero-order chi connectivity index (χ0) is 13.0. The summed E-state index contributed by atoms with van der Waals surface area (Å²) in [6.07, 6.45) is 1.77. The Hall–Kier alpha value is -1.45. The van der Waals surface area contributed by atoms with Gasteiger partial charge in [0.05, 0.1) is 17.2 Å². The SMILES string of the molecule is COc1ccc(CNc2ccc(Cl)c(Cl)c2)cn1. The van der Waals surface area contributed by atoms with Crippen LogP contribution in [-0.2, 0) is 6.54 Å². The first-order valence-electron chi connectivity index (χ1n) is 5.37. The number of nitrogens with one attached hydrogen (secondary N) is 1. The summed E-state index contributed by atoms with van der Waals surface area (Å²) in [7, 11) is 1.59. The molecular formula is C13H12Cl2N2O. The van der Waals surface area contributed by atoms with Gasteiger partial charge >= 0.3 is 0 Å². The Balaban J connectivity index is 1.99. The number of nitrogens with zero attached hydrogens (tertiary/aromatic N) is 1. The second-order valence-electron chi connectivity index (χ2n) is 3.69. The van der Waals surface area contributed by atoms with Gasteiger partial charge in [0.1, 0.15) is 0 Å². The molecule has 0 bridgehead atoms. The molecule has 1 aromatic heterocycles. The standard InChI is InChI=1S/C13H12Cl2N2O/c1-18-13-5-2-9(8-17-13)7-16-10-3-4-11(14)12(15)6-10/h2-6,8,16H,7H2,1H3. The third-order valence-electron chi connectivity index (χ3n) is 2.42. The van der Waals surface area contributed by atoms with Gasteiger partial charge in [-0.3, -0.25) is 0 Å². The molecule has 0 aliphatic carbocycles. The number of anilines is 1. The minimum Gasteiger partial charge on any atom is -0.481 e. The van der Waals surface area contributed by atoms with Gasteiger partial charge in [0.2, 0.25) is 5.88 Å². The molecule has 0 aliphatic heterocycles. The van der Waals surface area contributed by atoms with Gasteiger partial charge in [-0.15, -0.1) is 0 Å². The van der Waals surface area contributed by atoms with Crippen LogP contribution in [0.2, 0.25) is 10.0 Å². The monoisotopic (exact) mass is 282 g/mol. The fraction of sp³-hybridized carbons (Fsp3) is 0.154. The minimum atomic E-state index is 0.537. The van der Waals surface area contributed by atoms with E-state index in [0.29, 0.717) is 22.5 Å². The molecule has 2 aromatic rings. The van der Waals surface area contributed by atoms with Crippen molar-refractivity contribution in [3.8, 4) is 5.88 Å². The average molecular weight is 283 g/mol. The van der Waals surface area contributed by atoms with E-state index in [0.717, 1.165) is 11.3 Å². The number of pyridine rings is 1. The van der Waals surface area contributed by atoms with Crippen molar-refractivity contribution in [3.05, 3.63) is 52.1 Å². The predicted octanol–water partition coefficient (Wildman–Crippen LogP) is 4.01. The Morgan fingerprint density at radius 1 is 1.17 bits per heavy atom. The molecule has 5 heteroatoms. The smallest absolute Gasteiger partial charge is 0.212 e. The molecule has 0 saturated carbocycles. The quantitative estimate of drug-likeness (QED) is 0.920. The summed E-state index contributed by atoms with van der Waals surface area (Å²) in [5.41, 5.74) is 1.97. The van der Waals surface area contributed by atoms with Crippen LogP contribution in [0.5, 0.6) is 5.88 Å². The highest BCUT2D eigenvalue weighted by Gasteiger charge is 2.00. The van der Waals surface area contributed by atoms with E-state index in [2.05, 4.69) is 10.3 Å². The first-order valence-corrected chi connectivity index (χ1v) is 6.12. The number of rotatable bonds is 4. The lowest BCUT2D eigenvalue weighted by Crippen LogP contribution is -2.00. The lowest BCUT2D eigenvalue weighted by molar-refractivity contribution is 0.397. The van der Waals surface area contributed by atoms with Gasteiger partial charge in [-0.2, -0.15) is 0 Å². The molecule has 3 nitrogen and oxygen atoms in total. The number of benzene rings is 1. The Labute approximate surface area is 116 Å². The maximum absolute atomic E-state index is 5.93. The third kappa shape index (κ3) is 3.28. The van der Waals surface area contributed by atoms with Crippen LogP contribution in [-0.4, -0.2) is 12.1 Å². The van der Waals surface area contributed by atoms with Crippen molar-refractivity contribution in [2.24, 2.45) is 0 Å². The minimum absolute atomic E-state index is 0.537. The molecule has 0 radical (unpaired) electrons. The Morgan fingerprint density at radius 3 is 2.61 bits per heavy atom. The van der Waals surface area contributed by atoms with E-state index in [1.165, 1.54) is 0 Å². The molecule has 1 aromatic carbocycles. The van der Waals surface area contributed by atoms with Gasteiger partial charge in [0.25, 0.3) is 0 Å². The van der Waals surface area contributed by atoms with Crippen molar-refractivity contribution < 1.29 is 4.74 Å². The first-order chi connectivity index (χ1) is 8.69. The zero-order valence-corrected chi connectivity index (χ0v) is 11.3. The molecule has 0 amide bonds. The van der Waals surface area contributed by atoms with E-state index >= 15 is 0 Å². The van der Waals surface area contributed by atoms with E-state index < -0.39 is 0 Å². The van der Waals surface area contributed by atoms with Crippen LogP contribution in [0.1, 0.15) is 5.56 Å². The van der Waals surface area contributed by atoms with Crippen LogP contribution >= 0.6 is 23.2 Å². The van der Waals surface area contributed by atoms with Gasteiger partial charge in [0.15, 0.2) is 0 Å². The highest BCUT2D eigenvalue weighted by molar-refractivity contribution is 6.42. The summed E-state index contributed by atoms with van der Waals surface area (Å²) in [5.74, 6) is 0.605. The fourth-order valence-electron chi connectivity index (χ4n) is 1.45. The van der Waals surface area contributed by atoms with Crippen molar-refractivity contribution in [3.63, 3.8) is 0 Å². The molecule has 0 fully saturated rings. The van der Waals surface area contributed by atoms with Crippen LogP contribution in [0.15, 0.2) is 36.5 Å². The molecule has 1 heterocycles. The largest absolute Gasteiger partial charge is 0.481 e. The molecule has 0 spiro atoms. The van der Waals surface area contributed by atoms with Gasteiger partial charge in [-0.05, 0) is 23.8 Å². The van der Waals surface area contributed by atoms with Crippen molar-refractivity contribution in [1.82, 2.24) is 4.98 Å². The second kappa shape index (κ2) is 5.94. The molecule has 0 aliphatic rings. The van der Waals surface area contributed by atoms with E-state index in [1.807, 2.05) is 18.2 Å². The Kier molecular flexibility index (Phi) is 4.28. The average Bonchev–Trinajstić information content (AvgIpc) is 2.41. The van der Waals surface area contributed by atoms with Crippen molar-refractivity contribution in [2.45, 2.75) is 6.54 Å². The third-order valence-corrected chi connectivity index (χ3v) is 3.16. The molecule has 18 heavy (non-hydrogen) atoms. The van der Waals surface area contributed by atoms with Gasteiger partial charge in [-0.1, -0.05) is 29.3 Å². The topological polar surface area (TPSA) is 34.1 Å². The summed E-state index contributed by atoms with van der Waals surface area (Å²) in [6, 6.07) is 9.21. The molecule has 0 unspecified atom stereocenters. The maximum Gasteiger partial charge on any atom is 0.212 e. The first kappa shape index (κ1) is 13.0. The predicted molar refractivity (Wildman–Crippen MR) is 74.6 cm³/mol. The lowest BCUT2D eigenvalue weighted by atomic mass is 10.2. The van der Waals surface area contributed by atoms with E-state index in [1.54, 1.807) is 25.4 Å². The van der Waals surface area contributed by atoms with Gasteiger partial charge in [0, 0.05) is 24.5 Å². The van der Waals surface area contributed by atoms with Gasteiger partial charge < -0.3 is 10.1 Å². The number of halogens is 2. The van der Waals surface area contributed by atoms with Crippen LogP contribution in [0.4, 0.5) is 5.69 Å². The summed E-state index contributed by atoms with van der Waals surface area (Å²) in [4.78, 5) is 4.13. The molecule has 1 N–H and O–H groups in total. The van der Waals surface area contributed by atoms with E-state index in [4.69, 9.17) is 27.9 Å². The van der Waals surface area contributed by atoms with Crippen molar-refractivity contribution in [2.75, 3.05) is 12.4 Å². The van der Waals surface area contributed by atoms with E-state index in [9.17, 15) is 0 Å². The molecule has 2 rings (SSSR count). The number of ether oxygens (including phenoxy) is 1. The van der Waals surface area contributed by atoms with Crippen LogP contribution < -0.4 is 10.1 Å². The number of hydrogen-bond donors (Lipinski definition) is 1. The Bertz CT molecular complexity index is 529. The van der Waals surface area contributed by atoms with Crippen LogP contribution in [0.3, 0.4) is 0 Å². The second-order valence-corrected chi connectivity index (χ2v) is 4.51. The van der Waals surface area contributed by atoms with Crippen LogP contribution in [0.25, 0.3) is 0 Å². The normalized spacial score (nSPS) is 10.2.